The van der Waals surface area contributed by atoms with Crippen LogP contribution in [0, 0.1) is 0 Å². The van der Waals surface area contributed by atoms with Gasteiger partial charge in [0, 0.05) is 12.1 Å². The molecule has 0 saturated carbocycles. The molecule has 0 aromatic heterocycles. The molecule has 0 fully saturated rings. The van der Waals surface area contributed by atoms with Gasteiger partial charge in [0.15, 0.2) is 5.78 Å². The summed E-state index contributed by atoms with van der Waals surface area (Å²) in [6, 6.07) is 8.78. The first-order valence-electron chi connectivity index (χ1n) is 4.17. The van der Waals surface area contributed by atoms with Gasteiger partial charge < -0.3 is 10.4 Å². The lowest BCUT2D eigenvalue weighted by Gasteiger charge is -2.07. The molecular formula is C10H13NO2. The summed E-state index contributed by atoms with van der Waals surface area (Å²) < 4.78 is 0. The van der Waals surface area contributed by atoms with E-state index in [2.05, 4.69) is 5.32 Å². The maximum absolute atomic E-state index is 11.4. The molecular weight excluding hydrogens is 166 g/mol. The van der Waals surface area contributed by atoms with Crippen LogP contribution in [0.1, 0.15) is 10.4 Å². The summed E-state index contributed by atoms with van der Waals surface area (Å²) in [6.07, 6.45) is -0.951. The Morgan fingerprint density at radius 2 is 2.08 bits per heavy atom. The van der Waals surface area contributed by atoms with Crippen molar-refractivity contribution in [3.63, 3.8) is 0 Å². The van der Waals surface area contributed by atoms with Crippen LogP contribution in [0.4, 0.5) is 0 Å². The Balaban J connectivity index is 2.68. The minimum atomic E-state index is -0.951. The average Bonchev–Trinajstić information content (AvgIpc) is 2.18. The fourth-order valence-corrected chi connectivity index (χ4v) is 1.08. The number of hydrogen-bond donors (Lipinski definition) is 2. The van der Waals surface area contributed by atoms with Gasteiger partial charge in [-0.1, -0.05) is 30.3 Å². The number of rotatable bonds is 4. The molecule has 1 aromatic carbocycles. The van der Waals surface area contributed by atoms with E-state index < -0.39 is 6.10 Å². The smallest absolute Gasteiger partial charge is 0.192 e. The third kappa shape index (κ3) is 2.65. The number of likely N-dealkylation sites (N-methyl/N-ethyl adjacent to an activating group) is 1. The van der Waals surface area contributed by atoms with E-state index in [9.17, 15) is 9.90 Å². The summed E-state index contributed by atoms with van der Waals surface area (Å²) in [5.74, 6) is -0.241. The van der Waals surface area contributed by atoms with Gasteiger partial charge >= 0.3 is 0 Å². The van der Waals surface area contributed by atoms with Gasteiger partial charge in [-0.3, -0.25) is 4.79 Å². The monoisotopic (exact) mass is 179 g/mol. The highest BCUT2D eigenvalue weighted by atomic mass is 16.3. The zero-order valence-electron chi connectivity index (χ0n) is 7.53. The third-order valence-corrected chi connectivity index (χ3v) is 1.76. The molecule has 0 spiro atoms. The van der Waals surface area contributed by atoms with Crippen LogP contribution in [0.5, 0.6) is 0 Å². The minimum Gasteiger partial charge on any atom is -0.384 e. The van der Waals surface area contributed by atoms with Crippen LogP contribution in [0.25, 0.3) is 0 Å². The van der Waals surface area contributed by atoms with Crippen molar-refractivity contribution in [2.24, 2.45) is 0 Å². The molecule has 0 radical (unpaired) electrons. The van der Waals surface area contributed by atoms with E-state index in [0.717, 1.165) is 0 Å². The van der Waals surface area contributed by atoms with Crippen molar-refractivity contribution in [3.05, 3.63) is 35.9 Å². The Morgan fingerprint density at radius 1 is 1.46 bits per heavy atom. The lowest BCUT2D eigenvalue weighted by atomic mass is 10.1. The summed E-state index contributed by atoms with van der Waals surface area (Å²) >= 11 is 0. The molecule has 0 bridgehead atoms. The number of ketones is 1. The van der Waals surface area contributed by atoms with Gasteiger partial charge in [0.1, 0.15) is 6.10 Å². The number of nitrogens with one attached hydrogen (secondary N) is 1. The molecule has 1 unspecified atom stereocenters. The molecule has 0 aliphatic carbocycles. The highest BCUT2D eigenvalue weighted by Gasteiger charge is 2.14. The van der Waals surface area contributed by atoms with Crippen LogP contribution in [-0.4, -0.2) is 30.6 Å². The second kappa shape index (κ2) is 4.74. The molecule has 1 atom stereocenters. The molecule has 3 nitrogen and oxygen atoms in total. The number of aliphatic hydroxyl groups excluding tert-OH is 1. The molecule has 3 heteroatoms. The number of Topliss-reactive ketones (excluding diaryl/α,β-unsaturated/α-hetero) is 1. The predicted molar refractivity (Wildman–Crippen MR) is 50.7 cm³/mol. The summed E-state index contributed by atoms with van der Waals surface area (Å²) in [4.78, 5) is 11.4. The molecule has 70 valence electrons. The maximum Gasteiger partial charge on any atom is 0.192 e. The summed E-state index contributed by atoms with van der Waals surface area (Å²) in [5, 5.41) is 12.1. The van der Waals surface area contributed by atoms with Gasteiger partial charge in [-0.05, 0) is 7.05 Å². The van der Waals surface area contributed by atoms with Crippen molar-refractivity contribution in [2.75, 3.05) is 13.6 Å². The maximum atomic E-state index is 11.4. The molecule has 1 rings (SSSR count). The minimum absolute atomic E-state index is 0.241. The van der Waals surface area contributed by atoms with Crippen molar-refractivity contribution in [2.45, 2.75) is 6.10 Å². The fraction of sp³-hybridized carbons (Fsp3) is 0.300. The van der Waals surface area contributed by atoms with Crippen molar-refractivity contribution in [1.82, 2.24) is 5.32 Å². The average molecular weight is 179 g/mol. The van der Waals surface area contributed by atoms with Crippen LogP contribution >= 0.6 is 0 Å². The van der Waals surface area contributed by atoms with E-state index in [-0.39, 0.29) is 12.3 Å². The van der Waals surface area contributed by atoms with E-state index >= 15 is 0 Å². The zero-order chi connectivity index (χ0) is 9.68. The molecule has 0 aliphatic heterocycles. The molecule has 0 saturated heterocycles. The lowest BCUT2D eigenvalue weighted by Crippen LogP contribution is -2.31. The Morgan fingerprint density at radius 3 is 2.62 bits per heavy atom. The van der Waals surface area contributed by atoms with E-state index in [0.29, 0.717) is 5.56 Å². The third-order valence-electron chi connectivity index (χ3n) is 1.76. The van der Waals surface area contributed by atoms with Crippen LogP contribution in [-0.2, 0) is 0 Å². The number of benzene rings is 1. The largest absolute Gasteiger partial charge is 0.384 e. The van der Waals surface area contributed by atoms with Crippen LogP contribution in [0.15, 0.2) is 30.3 Å². The Kier molecular flexibility index (Phi) is 3.61. The molecule has 1 aromatic rings. The van der Waals surface area contributed by atoms with Crippen molar-refractivity contribution >= 4 is 5.78 Å². The van der Waals surface area contributed by atoms with Gasteiger partial charge in [-0.25, -0.2) is 0 Å². The second-order valence-corrected chi connectivity index (χ2v) is 2.80. The second-order valence-electron chi connectivity index (χ2n) is 2.80. The van der Waals surface area contributed by atoms with Crippen LogP contribution in [0.3, 0.4) is 0 Å². The lowest BCUT2D eigenvalue weighted by molar-refractivity contribution is 0.0750. The molecule has 0 aliphatic rings. The fourth-order valence-electron chi connectivity index (χ4n) is 1.08. The van der Waals surface area contributed by atoms with Gasteiger partial charge in [0.05, 0.1) is 0 Å². The molecule has 0 heterocycles. The predicted octanol–water partition coefficient (Wildman–Crippen LogP) is 0.450. The normalized spacial score (nSPS) is 12.5. The Hall–Kier alpha value is -1.19. The first kappa shape index (κ1) is 9.89. The Bertz CT molecular complexity index is 272. The highest BCUT2D eigenvalue weighted by molar-refractivity contribution is 5.99. The highest BCUT2D eigenvalue weighted by Crippen LogP contribution is 2.02. The quantitative estimate of drug-likeness (QED) is 0.660. The zero-order valence-corrected chi connectivity index (χ0v) is 7.53. The topological polar surface area (TPSA) is 49.3 Å². The summed E-state index contributed by atoms with van der Waals surface area (Å²) in [5.41, 5.74) is 0.547. The Labute approximate surface area is 77.4 Å². The van der Waals surface area contributed by atoms with Gasteiger partial charge in [0.25, 0.3) is 0 Å². The first-order valence-corrected chi connectivity index (χ1v) is 4.17. The van der Waals surface area contributed by atoms with E-state index in [1.54, 1.807) is 31.3 Å². The molecule has 2 N–H and O–H groups in total. The van der Waals surface area contributed by atoms with Gasteiger partial charge in [0.2, 0.25) is 0 Å². The van der Waals surface area contributed by atoms with E-state index in [1.165, 1.54) is 0 Å². The first-order chi connectivity index (χ1) is 6.25. The van der Waals surface area contributed by atoms with Crippen LogP contribution < -0.4 is 5.32 Å². The summed E-state index contributed by atoms with van der Waals surface area (Å²) in [6.45, 7) is 0.285. The van der Waals surface area contributed by atoms with Crippen LogP contribution in [0.2, 0.25) is 0 Å². The molecule has 0 amide bonds. The number of aliphatic hydroxyl groups is 1. The number of carbonyl (C=O) groups excluding carboxylic acids is 1. The van der Waals surface area contributed by atoms with Gasteiger partial charge in [-0.15, -0.1) is 0 Å². The molecule has 13 heavy (non-hydrogen) atoms. The summed E-state index contributed by atoms with van der Waals surface area (Å²) in [7, 11) is 1.70. The number of carbonyl (C=O) groups is 1. The SMILES string of the molecule is CNCC(O)C(=O)c1ccccc1. The van der Waals surface area contributed by atoms with E-state index in [1.807, 2.05) is 6.07 Å². The van der Waals surface area contributed by atoms with Crippen molar-refractivity contribution in [1.29, 1.82) is 0 Å². The standard InChI is InChI=1S/C10H13NO2/c1-11-7-9(12)10(13)8-5-3-2-4-6-8/h2-6,9,11-12H,7H2,1H3. The number of hydrogen-bond acceptors (Lipinski definition) is 3. The van der Waals surface area contributed by atoms with Crippen molar-refractivity contribution in [3.8, 4) is 0 Å². The van der Waals surface area contributed by atoms with Crippen molar-refractivity contribution < 1.29 is 9.90 Å². The van der Waals surface area contributed by atoms with Gasteiger partial charge in [-0.2, -0.15) is 0 Å². The van der Waals surface area contributed by atoms with E-state index in [4.69, 9.17) is 0 Å².